The molecule has 0 aliphatic rings. The molecule has 0 saturated heterocycles. The Bertz CT molecular complexity index is 698. The summed E-state index contributed by atoms with van der Waals surface area (Å²) >= 11 is 0. The summed E-state index contributed by atoms with van der Waals surface area (Å²) in [6.45, 7) is 4.24. The molecule has 1 aromatic heterocycles. The van der Waals surface area contributed by atoms with Crippen LogP contribution in [0.5, 0.6) is 5.75 Å². The fourth-order valence-electron chi connectivity index (χ4n) is 2.10. The van der Waals surface area contributed by atoms with Crippen LogP contribution >= 0.6 is 0 Å². The van der Waals surface area contributed by atoms with E-state index in [1.165, 1.54) is 0 Å². The third-order valence-corrected chi connectivity index (χ3v) is 4.64. The Labute approximate surface area is 137 Å². The molecule has 1 N–H and O–H groups in total. The van der Waals surface area contributed by atoms with E-state index in [-0.39, 0.29) is 11.0 Å². The summed E-state index contributed by atoms with van der Waals surface area (Å²) < 4.78 is 32.6. The lowest BCUT2D eigenvalue weighted by atomic mass is 10.2. The quantitative estimate of drug-likeness (QED) is 0.754. The molecule has 6 heteroatoms. The molecule has 124 valence electrons. The van der Waals surface area contributed by atoms with Gasteiger partial charge in [0.15, 0.2) is 0 Å². The summed E-state index contributed by atoms with van der Waals surface area (Å²) in [4.78, 5) is 4.28. The van der Waals surface area contributed by atoms with Crippen molar-refractivity contribution in [3.05, 3.63) is 54.4 Å². The van der Waals surface area contributed by atoms with E-state index in [9.17, 15) is 8.42 Å². The molecule has 0 spiro atoms. The summed E-state index contributed by atoms with van der Waals surface area (Å²) in [6.07, 6.45) is 5.08. The SMILES string of the molecule is CC(C)Oc1ccc(S(=O)(=O)NCCCc2cccnc2)cc1. The standard InChI is InChI=1S/C17H22N2O3S/c1-14(2)22-16-7-9-17(10-8-16)23(20,21)19-12-4-6-15-5-3-11-18-13-15/h3,5,7-11,13-14,19H,4,6,12H2,1-2H3. The molecule has 0 radical (unpaired) electrons. The van der Waals surface area contributed by atoms with Gasteiger partial charge in [-0.05, 0) is 62.6 Å². The van der Waals surface area contributed by atoms with E-state index in [4.69, 9.17) is 4.74 Å². The van der Waals surface area contributed by atoms with Gasteiger partial charge in [-0.25, -0.2) is 13.1 Å². The maximum atomic E-state index is 12.2. The maximum absolute atomic E-state index is 12.2. The first-order chi connectivity index (χ1) is 11.0. The Hall–Kier alpha value is -1.92. The zero-order chi connectivity index (χ0) is 16.7. The van der Waals surface area contributed by atoms with Crippen LogP contribution in [0.15, 0.2) is 53.7 Å². The van der Waals surface area contributed by atoms with Crippen LogP contribution in [0.3, 0.4) is 0 Å². The molecular formula is C17H22N2O3S. The molecule has 2 aromatic rings. The van der Waals surface area contributed by atoms with E-state index >= 15 is 0 Å². The highest BCUT2D eigenvalue weighted by Crippen LogP contribution is 2.17. The molecule has 0 fully saturated rings. The average molecular weight is 334 g/mol. The van der Waals surface area contributed by atoms with Gasteiger partial charge in [0.25, 0.3) is 0 Å². The second-order valence-electron chi connectivity index (χ2n) is 5.50. The minimum absolute atomic E-state index is 0.0584. The van der Waals surface area contributed by atoms with Gasteiger partial charge in [-0.3, -0.25) is 4.98 Å². The van der Waals surface area contributed by atoms with Crippen molar-refractivity contribution in [2.75, 3.05) is 6.54 Å². The largest absolute Gasteiger partial charge is 0.491 e. The van der Waals surface area contributed by atoms with Gasteiger partial charge in [0.1, 0.15) is 5.75 Å². The molecular weight excluding hydrogens is 312 g/mol. The number of rotatable bonds is 8. The summed E-state index contributed by atoms with van der Waals surface area (Å²) in [7, 11) is -3.48. The van der Waals surface area contributed by atoms with E-state index in [1.807, 2.05) is 26.0 Å². The number of aryl methyl sites for hydroxylation is 1. The maximum Gasteiger partial charge on any atom is 0.240 e. The van der Waals surface area contributed by atoms with Crippen molar-refractivity contribution in [1.82, 2.24) is 9.71 Å². The molecule has 0 amide bonds. The van der Waals surface area contributed by atoms with Gasteiger partial charge in [0, 0.05) is 18.9 Å². The third-order valence-electron chi connectivity index (χ3n) is 3.16. The topological polar surface area (TPSA) is 68.3 Å². The summed E-state index contributed by atoms with van der Waals surface area (Å²) in [5, 5.41) is 0. The number of nitrogens with one attached hydrogen (secondary N) is 1. The van der Waals surface area contributed by atoms with Gasteiger partial charge in [-0.15, -0.1) is 0 Å². The fourth-order valence-corrected chi connectivity index (χ4v) is 3.17. The van der Waals surface area contributed by atoms with Gasteiger partial charge in [-0.1, -0.05) is 6.07 Å². The van der Waals surface area contributed by atoms with E-state index in [2.05, 4.69) is 9.71 Å². The summed E-state index contributed by atoms with van der Waals surface area (Å²) in [6, 6.07) is 10.3. The molecule has 0 saturated carbocycles. The van der Waals surface area contributed by atoms with Crippen LogP contribution < -0.4 is 9.46 Å². The monoisotopic (exact) mass is 334 g/mol. The second-order valence-corrected chi connectivity index (χ2v) is 7.27. The predicted molar refractivity (Wildman–Crippen MR) is 90.0 cm³/mol. The van der Waals surface area contributed by atoms with Crippen LogP contribution in [0.2, 0.25) is 0 Å². The average Bonchev–Trinajstić information content (AvgIpc) is 2.53. The molecule has 1 heterocycles. The van der Waals surface area contributed by atoms with Crippen molar-refractivity contribution in [3.63, 3.8) is 0 Å². The number of pyridine rings is 1. The van der Waals surface area contributed by atoms with E-state index in [0.717, 1.165) is 18.4 Å². The number of sulfonamides is 1. The number of hydrogen-bond acceptors (Lipinski definition) is 4. The van der Waals surface area contributed by atoms with Crippen molar-refractivity contribution in [2.45, 2.75) is 37.7 Å². The molecule has 5 nitrogen and oxygen atoms in total. The fraction of sp³-hybridized carbons (Fsp3) is 0.353. The Kier molecular flexibility index (Phi) is 6.12. The van der Waals surface area contributed by atoms with Crippen molar-refractivity contribution in [2.24, 2.45) is 0 Å². The van der Waals surface area contributed by atoms with Gasteiger partial charge < -0.3 is 4.74 Å². The molecule has 0 aliphatic heterocycles. The Morgan fingerprint density at radius 2 is 1.91 bits per heavy atom. The zero-order valence-electron chi connectivity index (χ0n) is 13.4. The van der Waals surface area contributed by atoms with E-state index in [1.54, 1.807) is 36.7 Å². The Morgan fingerprint density at radius 3 is 2.52 bits per heavy atom. The van der Waals surface area contributed by atoms with Crippen LogP contribution in [0.1, 0.15) is 25.8 Å². The van der Waals surface area contributed by atoms with Crippen LogP contribution in [-0.2, 0) is 16.4 Å². The second kappa shape index (κ2) is 8.08. The minimum atomic E-state index is -3.48. The highest BCUT2D eigenvalue weighted by molar-refractivity contribution is 7.89. The lowest BCUT2D eigenvalue weighted by molar-refractivity contribution is 0.242. The number of aromatic nitrogens is 1. The number of hydrogen-bond donors (Lipinski definition) is 1. The molecule has 0 bridgehead atoms. The molecule has 2 rings (SSSR count). The molecule has 23 heavy (non-hydrogen) atoms. The lowest BCUT2D eigenvalue weighted by Crippen LogP contribution is -2.25. The van der Waals surface area contributed by atoms with Crippen molar-refractivity contribution in [3.8, 4) is 5.75 Å². The van der Waals surface area contributed by atoms with Crippen molar-refractivity contribution >= 4 is 10.0 Å². The van der Waals surface area contributed by atoms with Crippen LogP contribution in [0.25, 0.3) is 0 Å². The lowest BCUT2D eigenvalue weighted by Gasteiger charge is -2.11. The highest BCUT2D eigenvalue weighted by atomic mass is 32.2. The zero-order valence-corrected chi connectivity index (χ0v) is 14.2. The first-order valence-electron chi connectivity index (χ1n) is 7.62. The smallest absolute Gasteiger partial charge is 0.240 e. The first-order valence-corrected chi connectivity index (χ1v) is 9.11. The number of benzene rings is 1. The van der Waals surface area contributed by atoms with E-state index < -0.39 is 10.0 Å². The van der Waals surface area contributed by atoms with Gasteiger partial charge in [0.05, 0.1) is 11.0 Å². The number of ether oxygens (including phenoxy) is 1. The van der Waals surface area contributed by atoms with Crippen LogP contribution in [-0.4, -0.2) is 26.1 Å². The summed E-state index contributed by atoms with van der Waals surface area (Å²) in [5.41, 5.74) is 1.10. The van der Waals surface area contributed by atoms with Crippen molar-refractivity contribution < 1.29 is 13.2 Å². The van der Waals surface area contributed by atoms with Gasteiger partial charge in [0.2, 0.25) is 10.0 Å². The Morgan fingerprint density at radius 1 is 1.17 bits per heavy atom. The van der Waals surface area contributed by atoms with Crippen molar-refractivity contribution in [1.29, 1.82) is 0 Å². The first kappa shape index (κ1) is 17.4. The molecule has 1 aromatic carbocycles. The molecule has 0 aliphatic carbocycles. The van der Waals surface area contributed by atoms with E-state index in [0.29, 0.717) is 12.3 Å². The predicted octanol–water partition coefficient (Wildman–Crippen LogP) is 2.78. The summed E-state index contributed by atoms with van der Waals surface area (Å²) in [5.74, 6) is 0.663. The normalized spacial score (nSPS) is 11.6. The Balaban J connectivity index is 1.86. The molecule has 0 atom stereocenters. The molecule has 0 unspecified atom stereocenters. The van der Waals surface area contributed by atoms with Crippen LogP contribution in [0, 0.1) is 0 Å². The minimum Gasteiger partial charge on any atom is -0.491 e. The van der Waals surface area contributed by atoms with Crippen LogP contribution in [0.4, 0.5) is 0 Å². The number of nitrogens with zero attached hydrogens (tertiary/aromatic N) is 1. The van der Waals surface area contributed by atoms with Gasteiger partial charge >= 0.3 is 0 Å². The highest BCUT2D eigenvalue weighted by Gasteiger charge is 2.13. The van der Waals surface area contributed by atoms with Gasteiger partial charge in [-0.2, -0.15) is 0 Å². The third kappa shape index (κ3) is 5.65.